The number of aromatic nitrogens is 2. The first-order chi connectivity index (χ1) is 9.15. The van der Waals surface area contributed by atoms with Gasteiger partial charge in [-0.3, -0.25) is 0 Å². The first-order valence-corrected chi connectivity index (χ1v) is 6.70. The quantitative estimate of drug-likeness (QED) is 0.836. The molecule has 104 valence electrons. The zero-order valence-corrected chi connectivity index (χ0v) is 11.2. The van der Waals surface area contributed by atoms with Gasteiger partial charge in [-0.15, -0.1) is 0 Å². The second-order valence-corrected chi connectivity index (χ2v) is 4.85. The van der Waals surface area contributed by atoms with Crippen molar-refractivity contribution in [2.45, 2.75) is 26.2 Å². The van der Waals surface area contributed by atoms with Gasteiger partial charge in [0.05, 0.1) is 0 Å². The molecule has 19 heavy (non-hydrogen) atoms. The van der Waals surface area contributed by atoms with Gasteiger partial charge in [0.15, 0.2) is 5.69 Å². The monoisotopic (exact) mass is 264 g/mol. The first kappa shape index (κ1) is 13.7. The minimum absolute atomic E-state index is 0.0352. The zero-order valence-electron chi connectivity index (χ0n) is 11.2. The van der Waals surface area contributed by atoms with E-state index in [1.165, 1.54) is 25.3 Å². The lowest BCUT2D eigenvalue weighted by Gasteiger charge is -2.26. The number of aromatic carboxylic acids is 1. The molecule has 0 aromatic carbocycles. The van der Waals surface area contributed by atoms with E-state index in [4.69, 9.17) is 5.11 Å². The summed E-state index contributed by atoms with van der Waals surface area (Å²) in [5.74, 6) is -0.626. The minimum Gasteiger partial charge on any atom is -0.477 e. The Kier molecular flexibility index (Phi) is 4.68. The summed E-state index contributed by atoms with van der Waals surface area (Å²) in [6, 6.07) is 1.47. The molecule has 2 rings (SSSR count). The van der Waals surface area contributed by atoms with E-state index in [2.05, 4.69) is 20.2 Å². The third-order valence-corrected chi connectivity index (χ3v) is 3.23. The summed E-state index contributed by atoms with van der Waals surface area (Å²) in [5, 5.41) is 12.0. The summed E-state index contributed by atoms with van der Waals surface area (Å²) < 4.78 is 0. The number of nitrogens with one attached hydrogen (secondary N) is 1. The van der Waals surface area contributed by atoms with Crippen LogP contribution in [-0.4, -0.2) is 52.1 Å². The van der Waals surface area contributed by atoms with Gasteiger partial charge >= 0.3 is 5.97 Å². The number of carboxylic acid groups (broad SMARTS) is 1. The lowest BCUT2D eigenvalue weighted by molar-refractivity contribution is 0.0690. The highest BCUT2D eigenvalue weighted by molar-refractivity contribution is 5.85. The number of piperidine rings is 1. The summed E-state index contributed by atoms with van der Waals surface area (Å²) in [5.41, 5.74) is 0.695. The molecule has 1 aliphatic heterocycles. The van der Waals surface area contributed by atoms with Crippen LogP contribution in [0.2, 0.25) is 0 Å². The van der Waals surface area contributed by atoms with Crippen molar-refractivity contribution >= 4 is 11.9 Å². The van der Waals surface area contributed by atoms with Crippen LogP contribution in [0.3, 0.4) is 0 Å². The Hall–Kier alpha value is -1.69. The molecular weight excluding hydrogens is 244 g/mol. The van der Waals surface area contributed by atoms with E-state index in [1.54, 1.807) is 6.92 Å². The molecule has 0 spiro atoms. The number of hydrogen-bond acceptors (Lipinski definition) is 5. The molecule has 0 amide bonds. The normalized spacial score (nSPS) is 16.3. The predicted octanol–water partition coefficient (Wildman–Crippen LogP) is 1.38. The number of nitrogens with zero attached hydrogens (tertiary/aromatic N) is 3. The highest BCUT2D eigenvalue weighted by atomic mass is 16.4. The second kappa shape index (κ2) is 6.47. The Bertz CT molecular complexity index is 444. The highest BCUT2D eigenvalue weighted by Gasteiger charge is 2.11. The van der Waals surface area contributed by atoms with Crippen molar-refractivity contribution in [2.75, 3.05) is 31.5 Å². The van der Waals surface area contributed by atoms with Gasteiger partial charge in [-0.05, 0) is 38.9 Å². The van der Waals surface area contributed by atoms with E-state index < -0.39 is 5.97 Å². The molecule has 1 fully saturated rings. The third kappa shape index (κ3) is 4.17. The van der Waals surface area contributed by atoms with Gasteiger partial charge in [-0.2, -0.15) is 0 Å². The van der Waals surface area contributed by atoms with Gasteiger partial charge in [-0.25, -0.2) is 14.8 Å². The molecule has 6 nitrogen and oxygen atoms in total. The van der Waals surface area contributed by atoms with Gasteiger partial charge in [0, 0.05) is 18.8 Å². The van der Waals surface area contributed by atoms with Crippen LogP contribution in [0.4, 0.5) is 5.95 Å². The second-order valence-electron chi connectivity index (χ2n) is 4.85. The van der Waals surface area contributed by atoms with Crippen LogP contribution in [0.25, 0.3) is 0 Å². The van der Waals surface area contributed by atoms with Crippen LogP contribution in [-0.2, 0) is 0 Å². The topological polar surface area (TPSA) is 78.3 Å². The molecule has 1 aliphatic rings. The van der Waals surface area contributed by atoms with Crippen LogP contribution in [0.1, 0.15) is 35.4 Å². The van der Waals surface area contributed by atoms with Crippen LogP contribution in [0.15, 0.2) is 6.07 Å². The minimum atomic E-state index is -1.02. The fourth-order valence-corrected chi connectivity index (χ4v) is 2.27. The number of carboxylic acids is 1. The molecule has 0 saturated carbocycles. The standard InChI is InChI=1S/C13H20N4O2/c1-10-9-11(12(18)19)16-13(15-10)14-5-8-17-6-3-2-4-7-17/h9H,2-8H2,1H3,(H,18,19)(H,14,15,16). The van der Waals surface area contributed by atoms with Crippen molar-refractivity contribution in [3.8, 4) is 0 Å². The van der Waals surface area contributed by atoms with Gasteiger partial charge in [0.1, 0.15) is 0 Å². The first-order valence-electron chi connectivity index (χ1n) is 6.70. The number of carbonyl (C=O) groups is 1. The Balaban J connectivity index is 1.86. The molecule has 0 unspecified atom stereocenters. The van der Waals surface area contributed by atoms with E-state index in [0.29, 0.717) is 11.6 Å². The SMILES string of the molecule is Cc1cc(C(=O)O)nc(NCCN2CCCCC2)n1. The van der Waals surface area contributed by atoms with Crippen LogP contribution in [0, 0.1) is 6.92 Å². The maximum Gasteiger partial charge on any atom is 0.354 e. The lowest BCUT2D eigenvalue weighted by Crippen LogP contribution is -2.34. The maximum absolute atomic E-state index is 10.9. The van der Waals surface area contributed by atoms with Crippen molar-refractivity contribution in [1.82, 2.24) is 14.9 Å². The number of aryl methyl sites for hydroxylation is 1. The number of likely N-dealkylation sites (tertiary alicyclic amines) is 1. The van der Waals surface area contributed by atoms with Crippen molar-refractivity contribution in [3.05, 3.63) is 17.5 Å². The van der Waals surface area contributed by atoms with Gasteiger partial charge in [0.25, 0.3) is 0 Å². The van der Waals surface area contributed by atoms with Crippen molar-refractivity contribution < 1.29 is 9.90 Å². The predicted molar refractivity (Wildman–Crippen MR) is 72.5 cm³/mol. The van der Waals surface area contributed by atoms with Crippen molar-refractivity contribution in [2.24, 2.45) is 0 Å². The molecular formula is C13H20N4O2. The highest BCUT2D eigenvalue weighted by Crippen LogP contribution is 2.08. The van der Waals surface area contributed by atoms with Crippen LogP contribution >= 0.6 is 0 Å². The number of anilines is 1. The third-order valence-electron chi connectivity index (χ3n) is 3.23. The average Bonchev–Trinajstić information content (AvgIpc) is 2.39. The number of hydrogen-bond donors (Lipinski definition) is 2. The molecule has 0 bridgehead atoms. The van der Waals surface area contributed by atoms with E-state index in [0.717, 1.165) is 26.2 Å². The summed E-state index contributed by atoms with van der Waals surface area (Å²) >= 11 is 0. The molecule has 2 N–H and O–H groups in total. The molecule has 2 heterocycles. The van der Waals surface area contributed by atoms with Crippen molar-refractivity contribution in [3.63, 3.8) is 0 Å². The number of rotatable bonds is 5. The Morgan fingerprint density at radius 1 is 1.37 bits per heavy atom. The fraction of sp³-hybridized carbons (Fsp3) is 0.615. The lowest BCUT2D eigenvalue weighted by atomic mass is 10.1. The summed E-state index contributed by atoms with van der Waals surface area (Å²) in [6.07, 6.45) is 3.86. The summed E-state index contributed by atoms with van der Waals surface area (Å²) in [6.45, 7) is 5.75. The molecule has 0 radical (unpaired) electrons. The Morgan fingerprint density at radius 2 is 2.11 bits per heavy atom. The van der Waals surface area contributed by atoms with Gasteiger partial charge in [-0.1, -0.05) is 6.42 Å². The Labute approximate surface area is 112 Å². The average molecular weight is 264 g/mol. The van der Waals surface area contributed by atoms with E-state index in [1.807, 2.05) is 0 Å². The smallest absolute Gasteiger partial charge is 0.354 e. The van der Waals surface area contributed by atoms with Crippen LogP contribution in [0.5, 0.6) is 0 Å². The van der Waals surface area contributed by atoms with Crippen molar-refractivity contribution in [1.29, 1.82) is 0 Å². The molecule has 6 heteroatoms. The van der Waals surface area contributed by atoms with E-state index in [9.17, 15) is 4.79 Å². The van der Waals surface area contributed by atoms with E-state index >= 15 is 0 Å². The molecule has 0 atom stereocenters. The largest absolute Gasteiger partial charge is 0.477 e. The summed E-state index contributed by atoms with van der Waals surface area (Å²) in [7, 11) is 0. The maximum atomic E-state index is 10.9. The molecule has 0 aliphatic carbocycles. The fourth-order valence-electron chi connectivity index (χ4n) is 2.27. The van der Waals surface area contributed by atoms with Gasteiger partial charge < -0.3 is 15.3 Å². The summed E-state index contributed by atoms with van der Waals surface area (Å²) in [4.78, 5) is 21.5. The van der Waals surface area contributed by atoms with Crippen LogP contribution < -0.4 is 5.32 Å². The van der Waals surface area contributed by atoms with Gasteiger partial charge in [0.2, 0.25) is 5.95 Å². The zero-order chi connectivity index (χ0) is 13.7. The van der Waals surface area contributed by atoms with E-state index in [-0.39, 0.29) is 5.69 Å². The molecule has 1 saturated heterocycles. The Morgan fingerprint density at radius 3 is 2.79 bits per heavy atom. The molecule has 1 aromatic rings. The molecule has 1 aromatic heterocycles.